The van der Waals surface area contributed by atoms with Crippen LogP contribution in [0.25, 0.3) is 5.69 Å². The van der Waals surface area contributed by atoms with Gasteiger partial charge in [0.05, 0.1) is 33.8 Å². The van der Waals surface area contributed by atoms with E-state index in [0.29, 0.717) is 27.1 Å². The van der Waals surface area contributed by atoms with E-state index < -0.39 is 5.91 Å². The number of nitrogens with two attached hydrogens (primary N) is 1. The van der Waals surface area contributed by atoms with Crippen LogP contribution in [0, 0.1) is 0 Å². The van der Waals surface area contributed by atoms with Crippen LogP contribution in [0.1, 0.15) is 30.4 Å². The number of nitrogens with zero attached hydrogens (tertiary/aromatic N) is 4. The summed E-state index contributed by atoms with van der Waals surface area (Å²) in [7, 11) is 0. The van der Waals surface area contributed by atoms with Crippen molar-refractivity contribution in [3.63, 3.8) is 0 Å². The van der Waals surface area contributed by atoms with Gasteiger partial charge in [-0.05, 0) is 26.0 Å². The molecular weight excluding hydrogens is 363 g/mol. The minimum atomic E-state index is -0.666. The summed E-state index contributed by atoms with van der Waals surface area (Å²) in [5.74, 6) is -0.666. The van der Waals surface area contributed by atoms with Crippen LogP contribution >= 0.6 is 23.2 Å². The van der Waals surface area contributed by atoms with Gasteiger partial charge in [-0.2, -0.15) is 10.2 Å². The van der Waals surface area contributed by atoms with Crippen LogP contribution in [-0.2, 0) is 0 Å². The smallest absolute Gasteiger partial charge is 0.271 e. The Balaban J connectivity index is 2.02. The molecule has 0 spiro atoms. The van der Waals surface area contributed by atoms with Crippen molar-refractivity contribution in [2.75, 3.05) is 5.32 Å². The van der Waals surface area contributed by atoms with Crippen LogP contribution in [0.15, 0.2) is 36.8 Å². The number of halogens is 2. The SMILES string of the molecule is CC(C)n1cc(Nc2cn(-c3c(Cl)cccc3Cl)nc2C(N)=O)cn1. The van der Waals surface area contributed by atoms with Crippen LogP contribution in [0.4, 0.5) is 11.4 Å². The minimum absolute atomic E-state index is 0.0771. The standard InChI is InChI=1S/C16H16Cl2N6O/c1-9(2)23-7-10(6-20-23)21-13-8-24(22-14(13)16(19)25)15-11(17)4-3-5-12(15)18/h3-9,21H,1-2H3,(H2,19,25). The first kappa shape index (κ1) is 17.3. The molecule has 0 aliphatic carbocycles. The van der Waals surface area contributed by atoms with E-state index in [1.807, 2.05) is 20.0 Å². The van der Waals surface area contributed by atoms with Gasteiger partial charge in [-0.1, -0.05) is 29.3 Å². The summed E-state index contributed by atoms with van der Waals surface area (Å²) >= 11 is 12.4. The van der Waals surface area contributed by atoms with Crippen molar-refractivity contribution >= 4 is 40.5 Å². The summed E-state index contributed by atoms with van der Waals surface area (Å²) in [5.41, 5.74) is 7.14. The summed E-state index contributed by atoms with van der Waals surface area (Å²) in [6.07, 6.45) is 5.10. The molecule has 1 amide bonds. The van der Waals surface area contributed by atoms with Gasteiger partial charge in [-0.3, -0.25) is 9.48 Å². The maximum atomic E-state index is 11.8. The van der Waals surface area contributed by atoms with Gasteiger partial charge in [0, 0.05) is 12.2 Å². The minimum Gasteiger partial charge on any atom is -0.364 e. The molecule has 0 bridgehead atoms. The zero-order valence-corrected chi connectivity index (χ0v) is 15.1. The number of benzene rings is 1. The molecule has 2 aromatic heterocycles. The van der Waals surface area contributed by atoms with E-state index in [1.54, 1.807) is 35.3 Å². The lowest BCUT2D eigenvalue weighted by atomic mass is 10.3. The van der Waals surface area contributed by atoms with Gasteiger partial charge in [0.1, 0.15) is 5.69 Å². The second-order valence-corrected chi connectivity index (χ2v) is 6.51. The van der Waals surface area contributed by atoms with Gasteiger partial charge < -0.3 is 11.1 Å². The van der Waals surface area contributed by atoms with E-state index in [1.165, 1.54) is 4.68 Å². The van der Waals surface area contributed by atoms with Gasteiger partial charge in [0.25, 0.3) is 5.91 Å². The Morgan fingerprint density at radius 2 is 1.92 bits per heavy atom. The predicted molar refractivity (Wildman–Crippen MR) is 98.0 cm³/mol. The molecule has 2 heterocycles. The van der Waals surface area contributed by atoms with Crippen LogP contribution in [0.2, 0.25) is 10.0 Å². The second kappa shape index (κ2) is 6.78. The summed E-state index contributed by atoms with van der Waals surface area (Å²) in [6.45, 7) is 4.03. The number of nitrogens with one attached hydrogen (secondary N) is 1. The molecule has 7 nitrogen and oxygen atoms in total. The third kappa shape index (κ3) is 3.47. The molecule has 3 rings (SSSR count). The highest BCUT2D eigenvalue weighted by molar-refractivity contribution is 6.37. The van der Waals surface area contributed by atoms with Gasteiger partial charge >= 0.3 is 0 Å². The quantitative estimate of drug-likeness (QED) is 0.706. The molecular formula is C16H16Cl2N6O. The van der Waals surface area contributed by atoms with Crippen molar-refractivity contribution in [2.24, 2.45) is 5.73 Å². The van der Waals surface area contributed by atoms with Gasteiger partial charge in [-0.15, -0.1) is 0 Å². The Hall–Kier alpha value is -2.51. The van der Waals surface area contributed by atoms with Crippen molar-refractivity contribution in [2.45, 2.75) is 19.9 Å². The molecule has 0 saturated carbocycles. The number of amides is 1. The zero-order valence-electron chi connectivity index (χ0n) is 13.6. The van der Waals surface area contributed by atoms with E-state index in [0.717, 1.165) is 0 Å². The number of anilines is 2. The topological polar surface area (TPSA) is 90.8 Å². The first-order valence-corrected chi connectivity index (χ1v) is 8.27. The Morgan fingerprint density at radius 3 is 2.48 bits per heavy atom. The Labute approximate surface area is 154 Å². The molecule has 3 N–H and O–H groups in total. The van der Waals surface area contributed by atoms with Crippen LogP contribution in [0.5, 0.6) is 0 Å². The summed E-state index contributed by atoms with van der Waals surface area (Å²) in [5, 5.41) is 12.4. The zero-order chi connectivity index (χ0) is 18.1. The molecule has 0 saturated heterocycles. The van der Waals surface area contributed by atoms with Gasteiger partial charge in [-0.25, -0.2) is 4.68 Å². The molecule has 0 unspecified atom stereocenters. The Morgan fingerprint density at radius 1 is 1.24 bits per heavy atom. The number of primary amides is 1. The lowest BCUT2D eigenvalue weighted by Crippen LogP contribution is -2.14. The molecule has 3 aromatic rings. The van der Waals surface area contributed by atoms with Crippen molar-refractivity contribution in [3.8, 4) is 5.69 Å². The molecule has 9 heteroatoms. The normalized spacial score (nSPS) is 11.1. The van der Waals surface area contributed by atoms with E-state index in [9.17, 15) is 4.79 Å². The first-order chi connectivity index (χ1) is 11.9. The molecule has 25 heavy (non-hydrogen) atoms. The highest BCUT2D eigenvalue weighted by Gasteiger charge is 2.18. The van der Waals surface area contributed by atoms with Gasteiger partial charge in [0.15, 0.2) is 5.69 Å². The third-order valence-electron chi connectivity index (χ3n) is 3.52. The fourth-order valence-corrected chi connectivity index (χ4v) is 2.88. The molecule has 0 fully saturated rings. The van der Waals surface area contributed by atoms with Crippen molar-refractivity contribution in [1.29, 1.82) is 0 Å². The Kier molecular flexibility index (Phi) is 4.69. The average Bonchev–Trinajstić information content (AvgIpc) is 3.15. The fourth-order valence-electron chi connectivity index (χ4n) is 2.31. The number of rotatable bonds is 5. The molecule has 0 atom stereocenters. The highest BCUT2D eigenvalue weighted by Crippen LogP contribution is 2.30. The molecule has 1 aromatic carbocycles. The lowest BCUT2D eigenvalue weighted by molar-refractivity contribution is 0.0996. The summed E-state index contributed by atoms with van der Waals surface area (Å²) in [4.78, 5) is 11.8. The van der Waals surface area contributed by atoms with E-state index in [4.69, 9.17) is 28.9 Å². The Bertz CT molecular complexity index is 910. The number of hydrogen-bond acceptors (Lipinski definition) is 4. The van der Waals surface area contributed by atoms with Crippen LogP contribution in [-0.4, -0.2) is 25.5 Å². The van der Waals surface area contributed by atoms with Gasteiger partial charge in [0.2, 0.25) is 0 Å². The lowest BCUT2D eigenvalue weighted by Gasteiger charge is -2.06. The maximum Gasteiger partial charge on any atom is 0.271 e. The summed E-state index contributed by atoms with van der Waals surface area (Å²) in [6, 6.07) is 5.32. The number of carbonyl (C=O) groups is 1. The average molecular weight is 379 g/mol. The second-order valence-electron chi connectivity index (χ2n) is 5.70. The molecule has 0 aliphatic rings. The highest BCUT2D eigenvalue weighted by atomic mass is 35.5. The molecule has 130 valence electrons. The summed E-state index contributed by atoms with van der Waals surface area (Å²) < 4.78 is 3.22. The third-order valence-corrected chi connectivity index (χ3v) is 4.13. The number of hydrogen-bond donors (Lipinski definition) is 2. The van der Waals surface area contributed by atoms with E-state index >= 15 is 0 Å². The van der Waals surface area contributed by atoms with E-state index in [-0.39, 0.29) is 11.7 Å². The van der Waals surface area contributed by atoms with E-state index in [2.05, 4.69) is 15.5 Å². The van der Waals surface area contributed by atoms with Crippen LogP contribution < -0.4 is 11.1 Å². The largest absolute Gasteiger partial charge is 0.364 e. The number of carbonyl (C=O) groups excluding carboxylic acids is 1. The van der Waals surface area contributed by atoms with Crippen molar-refractivity contribution in [1.82, 2.24) is 19.6 Å². The monoisotopic (exact) mass is 378 g/mol. The first-order valence-electron chi connectivity index (χ1n) is 7.52. The molecule has 0 radical (unpaired) electrons. The van der Waals surface area contributed by atoms with Crippen molar-refractivity contribution < 1.29 is 4.79 Å². The van der Waals surface area contributed by atoms with Crippen LogP contribution in [0.3, 0.4) is 0 Å². The predicted octanol–water partition coefficient (Wildman–Crippen LogP) is 3.80. The molecule has 0 aliphatic heterocycles. The van der Waals surface area contributed by atoms with Crippen molar-refractivity contribution in [3.05, 3.63) is 52.5 Å². The fraction of sp³-hybridized carbons (Fsp3) is 0.188. The number of para-hydroxylation sites is 1. The number of aromatic nitrogens is 4. The maximum absolute atomic E-state index is 11.8.